The molecule has 0 amide bonds. The van der Waals surface area contributed by atoms with Crippen molar-refractivity contribution in [3.63, 3.8) is 0 Å². The van der Waals surface area contributed by atoms with Gasteiger partial charge in [-0.05, 0) is 48.4 Å². The quantitative estimate of drug-likeness (QED) is 0.720. The SMILES string of the molecule is Cc1csc([C@H](CCN)Oc2cccc3ccccc23)c1C. The van der Waals surface area contributed by atoms with Crippen LogP contribution in [0.1, 0.15) is 28.5 Å². The van der Waals surface area contributed by atoms with Crippen molar-refractivity contribution in [2.75, 3.05) is 6.54 Å². The molecule has 0 aliphatic carbocycles. The average molecular weight is 311 g/mol. The van der Waals surface area contributed by atoms with E-state index in [0.717, 1.165) is 17.6 Å². The molecule has 2 N–H and O–H groups in total. The highest BCUT2D eigenvalue weighted by Crippen LogP contribution is 2.35. The number of hydrogen-bond donors (Lipinski definition) is 1. The van der Waals surface area contributed by atoms with Gasteiger partial charge < -0.3 is 10.5 Å². The van der Waals surface area contributed by atoms with Gasteiger partial charge >= 0.3 is 0 Å². The van der Waals surface area contributed by atoms with E-state index < -0.39 is 0 Å². The zero-order valence-corrected chi connectivity index (χ0v) is 13.8. The van der Waals surface area contributed by atoms with Crippen LogP contribution in [0.3, 0.4) is 0 Å². The topological polar surface area (TPSA) is 35.2 Å². The third-order valence-electron chi connectivity index (χ3n) is 4.06. The van der Waals surface area contributed by atoms with Gasteiger partial charge in [0.15, 0.2) is 0 Å². The van der Waals surface area contributed by atoms with Crippen molar-refractivity contribution in [2.45, 2.75) is 26.4 Å². The lowest BCUT2D eigenvalue weighted by atomic mass is 10.1. The van der Waals surface area contributed by atoms with Crippen LogP contribution < -0.4 is 10.5 Å². The second-order valence-electron chi connectivity index (χ2n) is 5.57. The van der Waals surface area contributed by atoms with Crippen molar-refractivity contribution in [2.24, 2.45) is 5.73 Å². The predicted molar refractivity (Wildman–Crippen MR) is 94.8 cm³/mol. The van der Waals surface area contributed by atoms with Crippen molar-refractivity contribution < 1.29 is 4.74 Å². The maximum absolute atomic E-state index is 6.38. The average Bonchev–Trinajstić information content (AvgIpc) is 2.87. The highest BCUT2D eigenvalue weighted by atomic mass is 32.1. The van der Waals surface area contributed by atoms with Crippen LogP contribution in [0, 0.1) is 13.8 Å². The molecule has 114 valence electrons. The fourth-order valence-electron chi connectivity index (χ4n) is 2.69. The summed E-state index contributed by atoms with van der Waals surface area (Å²) in [5.41, 5.74) is 8.46. The van der Waals surface area contributed by atoms with E-state index in [1.165, 1.54) is 21.4 Å². The van der Waals surface area contributed by atoms with Gasteiger partial charge in [0.2, 0.25) is 0 Å². The summed E-state index contributed by atoms with van der Waals surface area (Å²) in [6.07, 6.45) is 0.846. The summed E-state index contributed by atoms with van der Waals surface area (Å²) in [4.78, 5) is 1.29. The first-order chi connectivity index (χ1) is 10.7. The Hall–Kier alpha value is -1.84. The molecule has 1 atom stereocenters. The van der Waals surface area contributed by atoms with Crippen LogP contribution in [0.5, 0.6) is 5.75 Å². The molecular weight excluding hydrogens is 290 g/mol. The number of ether oxygens (including phenoxy) is 1. The van der Waals surface area contributed by atoms with Gasteiger partial charge in [-0.1, -0.05) is 36.4 Å². The highest BCUT2D eigenvalue weighted by Gasteiger charge is 2.19. The molecule has 0 spiro atoms. The number of nitrogens with two attached hydrogens (primary N) is 1. The van der Waals surface area contributed by atoms with E-state index in [1.807, 2.05) is 18.2 Å². The molecule has 0 bridgehead atoms. The molecule has 0 unspecified atom stereocenters. The van der Waals surface area contributed by atoms with E-state index >= 15 is 0 Å². The lowest BCUT2D eigenvalue weighted by Gasteiger charge is -2.20. The molecular formula is C19H21NOS. The smallest absolute Gasteiger partial charge is 0.134 e. The van der Waals surface area contributed by atoms with Crippen molar-refractivity contribution in [1.82, 2.24) is 0 Å². The molecule has 0 saturated carbocycles. The fourth-order valence-corrected chi connectivity index (χ4v) is 3.82. The summed E-state index contributed by atoms with van der Waals surface area (Å²) in [5.74, 6) is 0.932. The molecule has 0 radical (unpaired) electrons. The molecule has 3 aromatic rings. The van der Waals surface area contributed by atoms with E-state index in [9.17, 15) is 0 Å². The van der Waals surface area contributed by atoms with Gasteiger partial charge in [-0.2, -0.15) is 0 Å². The van der Waals surface area contributed by atoms with Crippen LogP contribution in [-0.4, -0.2) is 6.54 Å². The van der Waals surface area contributed by atoms with Crippen LogP contribution in [0.25, 0.3) is 10.8 Å². The molecule has 0 aliphatic rings. The van der Waals surface area contributed by atoms with E-state index in [1.54, 1.807) is 11.3 Å². The number of hydrogen-bond acceptors (Lipinski definition) is 3. The number of thiophene rings is 1. The minimum atomic E-state index is 0.0227. The normalized spacial score (nSPS) is 12.5. The molecule has 22 heavy (non-hydrogen) atoms. The molecule has 2 nitrogen and oxygen atoms in total. The Morgan fingerprint density at radius 3 is 2.59 bits per heavy atom. The summed E-state index contributed by atoms with van der Waals surface area (Å²) >= 11 is 1.77. The number of benzene rings is 2. The van der Waals surface area contributed by atoms with Crippen molar-refractivity contribution in [3.05, 3.63) is 63.8 Å². The monoisotopic (exact) mass is 311 g/mol. The van der Waals surface area contributed by atoms with E-state index in [-0.39, 0.29) is 6.10 Å². The molecule has 3 rings (SSSR count). The van der Waals surface area contributed by atoms with Gasteiger partial charge in [-0.15, -0.1) is 11.3 Å². The van der Waals surface area contributed by atoms with Gasteiger partial charge in [-0.3, -0.25) is 0 Å². The number of aryl methyl sites for hydroxylation is 1. The third kappa shape index (κ3) is 2.87. The third-order valence-corrected chi connectivity index (χ3v) is 5.36. The summed E-state index contributed by atoms with van der Waals surface area (Å²) in [7, 11) is 0. The van der Waals surface area contributed by atoms with Crippen LogP contribution in [0.15, 0.2) is 47.8 Å². The fraction of sp³-hybridized carbons (Fsp3) is 0.263. The Kier molecular flexibility index (Phi) is 4.46. The molecule has 3 heteroatoms. The molecule has 1 aromatic heterocycles. The van der Waals surface area contributed by atoms with E-state index in [4.69, 9.17) is 10.5 Å². The second-order valence-corrected chi connectivity index (χ2v) is 6.48. The predicted octanol–water partition coefficient (Wildman–Crippen LogP) is 4.99. The molecule has 0 aliphatic heterocycles. The summed E-state index contributed by atoms with van der Waals surface area (Å²) in [6.45, 7) is 4.93. The Labute approximate surface area is 135 Å². The first kappa shape index (κ1) is 15.1. The number of fused-ring (bicyclic) bond motifs is 1. The maximum Gasteiger partial charge on any atom is 0.134 e. The lowest BCUT2D eigenvalue weighted by molar-refractivity contribution is 0.203. The van der Waals surface area contributed by atoms with Crippen molar-refractivity contribution in [3.8, 4) is 5.75 Å². The Bertz CT molecular complexity index is 773. The minimum Gasteiger partial charge on any atom is -0.484 e. The van der Waals surface area contributed by atoms with Crippen molar-refractivity contribution >= 4 is 22.1 Å². The van der Waals surface area contributed by atoms with Gasteiger partial charge in [-0.25, -0.2) is 0 Å². The minimum absolute atomic E-state index is 0.0227. The highest BCUT2D eigenvalue weighted by molar-refractivity contribution is 7.10. The van der Waals surface area contributed by atoms with Crippen LogP contribution in [0.4, 0.5) is 0 Å². The van der Waals surface area contributed by atoms with E-state index in [2.05, 4.69) is 43.5 Å². The van der Waals surface area contributed by atoms with Gasteiger partial charge in [0.1, 0.15) is 11.9 Å². The second kappa shape index (κ2) is 6.51. The van der Waals surface area contributed by atoms with Crippen LogP contribution >= 0.6 is 11.3 Å². The molecule has 0 fully saturated rings. The van der Waals surface area contributed by atoms with E-state index in [0.29, 0.717) is 6.54 Å². The molecule has 0 saturated heterocycles. The summed E-state index contributed by atoms with van der Waals surface area (Å²) in [6, 6.07) is 14.5. The molecule has 1 heterocycles. The maximum atomic E-state index is 6.38. The standard InChI is InChI=1S/C19H21NOS/c1-13-12-22-19(14(13)2)18(10-11-20)21-17-9-5-7-15-6-3-4-8-16(15)17/h3-9,12,18H,10-11,20H2,1-2H3/t18-/m0/s1. The first-order valence-corrected chi connectivity index (χ1v) is 8.47. The van der Waals surface area contributed by atoms with Gasteiger partial charge in [0.25, 0.3) is 0 Å². The lowest BCUT2D eigenvalue weighted by Crippen LogP contribution is -2.13. The van der Waals surface area contributed by atoms with Crippen LogP contribution in [0.2, 0.25) is 0 Å². The van der Waals surface area contributed by atoms with Gasteiger partial charge in [0, 0.05) is 16.7 Å². The zero-order valence-electron chi connectivity index (χ0n) is 13.0. The number of rotatable bonds is 5. The zero-order chi connectivity index (χ0) is 15.5. The van der Waals surface area contributed by atoms with Crippen LogP contribution in [-0.2, 0) is 0 Å². The summed E-state index contributed by atoms with van der Waals surface area (Å²) in [5, 5.41) is 4.55. The first-order valence-electron chi connectivity index (χ1n) is 7.59. The van der Waals surface area contributed by atoms with Crippen molar-refractivity contribution in [1.29, 1.82) is 0 Å². The largest absolute Gasteiger partial charge is 0.484 e. The summed E-state index contributed by atoms with van der Waals surface area (Å²) < 4.78 is 6.38. The Morgan fingerprint density at radius 2 is 1.86 bits per heavy atom. The molecule has 2 aromatic carbocycles. The Morgan fingerprint density at radius 1 is 1.09 bits per heavy atom. The van der Waals surface area contributed by atoms with Gasteiger partial charge in [0.05, 0.1) is 0 Å². The Balaban J connectivity index is 1.98.